The average Bonchev–Trinajstić information content (AvgIpc) is 2.67. The number of ether oxygens (including phenoxy) is 1. The van der Waals surface area contributed by atoms with E-state index in [9.17, 15) is 9.90 Å². The molecule has 2 fully saturated rings. The number of carbonyl (C=O) groups excluding carboxylic acids is 1. The van der Waals surface area contributed by atoms with Gasteiger partial charge in [0.2, 0.25) is 0 Å². The Hall–Kier alpha value is -0.650. The van der Waals surface area contributed by atoms with Gasteiger partial charge in [0.25, 0.3) is 0 Å². The Morgan fingerprint density at radius 2 is 2.31 bits per heavy atom. The molecular formula is C11H19NO4. The van der Waals surface area contributed by atoms with Crippen LogP contribution in [-0.2, 0) is 14.4 Å². The van der Waals surface area contributed by atoms with Crippen molar-refractivity contribution in [3.8, 4) is 0 Å². The summed E-state index contributed by atoms with van der Waals surface area (Å²) in [5, 5.41) is 11.6. The van der Waals surface area contributed by atoms with E-state index in [1.54, 1.807) is 6.92 Å². The zero-order chi connectivity index (χ0) is 11.7. The number of esters is 1. The van der Waals surface area contributed by atoms with Gasteiger partial charge < -0.3 is 9.84 Å². The number of piperidine rings is 1. The number of hydroxylamine groups is 2. The van der Waals surface area contributed by atoms with Gasteiger partial charge in [-0.25, -0.2) is 4.79 Å². The monoisotopic (exact) mass is 229 g/mol. The van der Waals surface area contributed by atoms with Gasteiger partial charge in [0.15, 0.2) is 6.10 Å². The van der Waals surface area contributed by atoms with Crippen LogP contribution in [0.15, 0.2) is 0 Å². The molecule has 0 spiro atoms. The molecule has 2 heterocycles. The summed E-state index contributed by atoms with van der Waals surface area (Å²) in [6, 6.07) is 0.151. The second-order valence-corrected chi connectivity index (χ2v) is 4.57. The Morgan fingerprint density at radius 3 is 2.94 bits per heavy atom. The molecule has 5 nitrogen and oxygen atoms in total. The highest BCUT2D eigenvalue weighted by Gasteiger charge is 2.50. The van der Waals surface area contributed by atoms with E-state index in [-0.39, 0.29) is 17.9 Å². The van der Waals surface area contributed by atoms with E-state index in [2.05, 4.69) is 0 Å². The van der Waals surface area contributed by atoms with Gasteiger partial charge in [-0.15, -0.1) is 0 Å². The first-order valence-corrected chi connectivity index (χ1v) is 5.84. The lowest BCUT2D eigenvalue weighted by molar-refractivity contribution is -0.192. The van der Waals surface area contributed by atoms with Crippen LogP contribution in [0.3, 0.4) is 0 Å². The fourth-order valence-corrected chi connectivity index (χ4v) is 2.75. The fraction of sp³-hybridized carbons (Fsp3) is 0.909. The van der Waals surface area contributed by atoms with Crippen LogP contribution in [0.4, 0.5) is 0 Å². The zero-order valence-corrected chi connectivity index (χ0v) is 9.76. The highest BCUT2D eigenvalue weighted by Crippen LogP contribution is 2.36. The SMILES string of the molecule is COC(=O)[C@@H]1ON2CCCC[C@@H]2[C@H]1[C@H](C)O. The van der Waals surface area contributed by atoms with Crippen molar-refractivity contribution in [1.29, 1.82) is 0 Å². The zero-order valence-electron chi connectivity index (χ0n) is 9.76. The van der Waals surface area contributed by atoms with Crippen LogP contribution >= 0.6 is 0 Å². The highest BCUT2D eigenvalue weighted by molar-refractivity contribution is 5.75. The van der Waals surface area contributed by atoms with Gasteiger partial charge in [-0.05, 0) is 19.8 Å². The van der Waals surface area contributed by atoms with Gasteiger partial charge in [-0.1, -0.05) is 6.42 Å². The number of hydrogen-bond acceptors (Lipinski definition) is 5. The van der Waals surface area contributed by atoms with E-state index in [4.69, 9.17) is 9.57 Å². The van der Waals surface area contributed by atoms with Gasteiger partial charge in [0.1, 0.15) is 0 Å². The van der Waals surface area contributed by atoms with E-state index >= 15 is 0 Å². The summed E-state index contributed by atoms with van der Waals surface area (Å²) < 4.78 is 4.72. The summed E-state index contributed by atoms with van der Waals surface area (Å²) in [7, 11) is 1.35. The first-order chi connectivity index (χ1) is 7.65. The molecule has 2 aliphatic heterocycles. The number of nitrogens with zero attached hydrogens (tertiary/aromatic N) is 1. The van der Waals surface area contributed by atoms with Crippen LogP contribution in [-0.4, -0.2) is 48.0 Å². The average molecular weight is 229 g/mol. The molecule has 0 aliphatic carbocycles. The predicted molar refractivity (Wildman–Crippen MR) is 56.4 cm³/mol. The van der Waals surface area contributed by atoms with Gasteiger partial charge in [-0.3, -0.25) is 4.84 Å². The molecule has 2 aliphatic rings. The topological polar surface area (TPSA) is 59.0 Å². The van der Waals surface area contributed by atoms with E-state index in [0.29, 0.717) is 0 Å². The molecule has 0 aromatic rings. The number of methoxy groups -OCH3 is 1. The van der Waals surface area contributed by atoms with E-state index in [1.165, 1.54) is 7.11 Å². The largest absolute Gasteiger partial charge is 0.467 e. The summed E-state index contributed by atoms with van der Waals surface area (Å²) in [5.41, 5.74) is 0. The standard InChI is InChI=1S/C11H19NO4/c1-7(13)9-8-5-3-4-6-12(8)16-10(9)11(14)15-2/h7-10,13H,3-6H2,1-2H3/t7-,8+,9+,10+/m0/s1. The third kappa shape index (κ3) is 1.95. The maximum Gasteiger partial charge on any atom is 0.337 e. The number of rotatable bonds is 2. The summed E-state index contributed by atoms with van der Waals surface area (Å²) in [4.78, 5) is 17.2. The smallest absolute Gasteiger partial charge is 0.337 e. The Morgan fingerprint density at radius 1 is 1.56 bits per heavy atom. The normalized spacial score (nSPS) is 36.8. The molecule has 0 bridgehead atoms. The second-order valence-electron chi connectivity index (χ2n) is 4.57. The minimum absolute atomic E-state index is 0.151. The molecule has 0 aromatic heterocycles. The van der Waals surface area contributed by atoms with E-state index in [1.807, 2.05) is 5.06 Å². The molecule has 5 heteroatoms. The minimum Gasteiger partial charge on any atom is -0.467 e. The first kappa shape index (κ1) is 11.8. The van der Waals surface area contributed by atoms with Crippen LogP contribution in [0, 0.1) is 5.92 Å². The Bertz CT molecular complexity index is 269. The van der Waals surface area contributed by atoms with Crippen LogP contribution in [0.2, 0.25) is 0 Å². The van der Waals surface area contributed by atoms with Crippen molar-refractivity contribution >= 4 is 5.97 Å². The third-order valence-electron chi connectivity index (χ3n) is 3.53. The molecule has 1 N–H and O–H groups in total. The first-order valence-electron chi connectivity index (χ1n) is 5.84. The predicted octanol–water partition coefficient (Wildman–Crippen LogP) is 0.325. The lowest BCUT2D eigenvalue weighted by atomic mass is 9.85. The highest BCUT2D eigenvalue weighted by atomic mass is 16.7. The number of aliphatic hydroxyl groups is 1. The Labute approximate surface area is 95.3 Å². The number of fused-ring (bicyclic) bond motifs is 1. The van der Waals surface area contributed by atoms with Crippen molar-refractivity contribution in [3.05, 3.63) is 0 Å². The lowest BCUT2D eigenvalue weighted by Crippen LogP contribution is -2.41. The molecule has 0 radical (unpaired) electrons. The Kier molecular flexibility index (Phi) is 3.47. The van der Waals surface area contributed by atoms with Gasteiger partial charge in [0.05, 0.1) is 13.2 Å². The van der Waals surface area contributed by atoms with Crippen molar-refractivity contribution in [2.24, 2.45) is 5.92 Å². The second kappa shape index (κ2) is 4.69. The van der Waals surface area contributed by atoms with Crippen LogP contribution < -0.4 is 0 Å². The van der Waals surface area contributed by atoms with E-state index < -0.39 is 12.2 Å². The summed E-state index contributed by atoms with van der Waals surface area (Å²) >= 11 is 0. The number of carbonyl (C=O) groups is 1. The quantitative estimate of drug-likeness (QED) is 0.691. The molecule has 16 heavy (non-hydrogen) atoms. The van der Waals surface area contributed by atoms with Crippen molar-refractivity contribution in [3.63, 3.8) is 0 Å². The van der Waals surface area contributed by atoms with Gasteiger partial charge in [0, 0.05) is 18.5 Å². The van der Waals surface area contributed by atoms with E-state index in [0.717, 1.165) is 25.8 Å². The molecule has 0 unspecified atom stereocenters. The summed E-state index contributed by atoms with van der Waals surface area (Å²) in [6.07, 6.45) is 1.98. The molecule has 4 atom stereocenters. The maximum atomic E-state index is 11.6. The third-order valence-corrected chi connectivity index (χ3v) is 3.53. The van der Waals surface area contributed by atoms with Crippen molar-refractivity contribution in [1.82, 2.24) is 5.06 Å². The van der Waals surface area contributed by atoms with Gasteiger partial charge in [-0.2, -0.15) is 5.06 Å². The van der Waals surface area contributed by atoms with Crippen molar-refractivity contribution < 1.29 is 19.5 Å². The molecule has 0 saturated carbocycles. The summed E-state index contributed by atoms with van der Waals surface area (Å²) in [5.74, 6) is -0.562. The lowest BCUT2D eigenvalue weighted by Gasteiger charge is -2.30. The molecule has 2 rings (SSSR count). The van der Waals surface area contributed by atoms with Crippen molar-refractivity contribution in [2.75, 3.05) is 13.7 Å². The summed E-state index contributed by atoms with van der Waals surface area (Å²) in [6.45, 7) is 2.55. The van der Waals surface area contributed by atoms with Crippen LogP contribution in [0.25, 0.3) is 0 Å². The number of hydrogen-bond donors (Lipinski definition) is 1. The van der Waals surface area contributed by atoms with Gasteiger partial charge >= 0.3 is 5.97 Å². The molecule has 2 saturated heterocycles. The number of aliphatic hydroxyl groups excluding tert-OH is 1. The molecule has 0 aromatic carbocycles. The van der Waals surface area contributed by atoms with Crippen LogP contribution in [0.1, 0.15) is 26.2 Å². The fourth-order valence-electron chi connectivity index (χ4n) is 2.75. The molecular weight excluding hydrogens is 210 g/mol. The Balaban J connectivity index is 2.16. The molecule has 92 valence electrons. The van der Waals surface area contributed by atoms with Crippen molar-refractivity contribution in [2.45, 2.75) is 44.4 Å². The molecule has 0 amide bonds. The minimum atomic E-state index is -0.645. The van der Waals surface area contributed by atoms with Crippen LogP contribution in [0.5, 0.6) is 0 Å². The maximum absolute atomic E-state index is 11.6.